The molecule has 6 aromatic carbocycles. The maximum atomic E-state index is 2.60. The van der Waals surface area contributed by atoms with Gasteiger partial charge in [-0.2, -0.15) is 0 Å². The number of rotatable bonds is 4. The van der Waals surface area contributed by atoms with E-state index in [0.29, 0.717) is 0 Å². The number of benzene rings is 6. The summed E-state index contributed by atoms with van der Waals surface area (Å²) in [5, 5.41) is 5.24. The molecule has 0 amide bonds. The van der Waals surface area contributed by atoms with Crippen molar-refractivity contribution in [3.63, 3.8) is 0 Å². The fraction of sp³-hybridized carbons (Fsp3) is 0.179. The number of fused-ring (bicyclic) bond motifs is 5. The van der Waals surface area contributed by atoms with Crippen LogP contribution in [0.3, 0.4) is 0 Å². The smallest absolute Gasteiger partial charge is 0.0579 e. The molecule has 0 saturated heterocycles. The second-order valence-corrected chi connectivity index (χ2v) is 24.8. The van der Waals surface area contributed by atoms with Gasteiger partial charge < -0.3 is 0 Å². The highest BCUT2D eigenvalue weighted by molar-refractivity contribution is 6.99. The lowest BCUT2D eigenvalue weighted by atomic mass is 9.88. The summed E-state index contributed by atoms with van der Waals surface area (Å²) in [5.41, 5.74) is 11.3. The monoisotopic (exact) mass is 562 g/mol. The molecule has 0 aromatic heterocycles. The first-order valence-electron chi connectivity index (χ1n) is 14.9. The van der Waals surface area contributed by atoms with Gasteiger partial charge in [-0.3, -0.25) is 0 Å². The van der Waals surface area contributed by atoms with Gasteiger partial charge in [0.25, 0.3) is 0 Å². The van der Waals surface area contributed by atoms with Crippen LogP contribution in [0.25, 0.3) is 54.9 Å². The number of hydrogen-bond acceptors (Lipinski definition) is 0. The Labute approximate surface area is 246 Å². The van der Waals surface area contributed by atoms with Crippen LogP contribution in [-0.2, 0) is 4.66 Å². The van der Waals surface area contributed by atoms with Crippen LogP contribution >= 0.6 is 0 Å². The van der Waals surface area contributed by atoms with E-state index in [-0.39, 0.29) is 4.66 Å². The zero-order chi connectivity index (χ0) is 28.6. The number of hydrogen-bond donors (Lipinski definition) is 0. The molecule has 0 spiro atoms. The lowest BCUT2D eigenvalue weighted by Gasteiger charge is -2.51. The van der Waals surface area contributed by atoms with Crippen LogP contribution in [0.15, 0.2) is 121 Å². The van der Waals surface area contributed by atoms with Gasteiger partial charge in [-0.15, -0.1) is 0 Å². The highest BCUT2D eigenvalue weighted by atomic mass is 28.4. The second kappa shape index (κ2) is 9.14. The van der Waals surface area contributed by atoms with Crippen molar-refractivity contribution in [2.24, 2.45) is 0 Å². The van der Waals surface area contributed by atoms with Crippen LogP contribution in [0, 0.1) is 0 Å². The van der Waals surface area contributed by atoms with E-state index in [4.69, 9.17) is 0 Å². The van der Waals surface area contributed by atoms with E-state index in [1.54, 1.807) is 11.1 Å². The second-order valence-electron chi connectivity index (χ2n) is 13.8. The molecule has 1 aliphatic rings. The molecule has 0 nitrogen and oxygen atoms in total. The van der Waals surface area contributed by atoms with E-state index in [1.807, 2.05) is 0 Å². The predicted octanol–water partition coefficient (Wildman–Crippen LogP) is 11.3. The van der Waals surface area contributed by atoms with Gasteiger partial charge in [0.1, 0.15) is 0 Å². The summed E-state index contributed by atoms with van der Waals surface area (Å²) in [7, 11) is -3.43. The minimum atomic E-state index is -1.72. The van der Waals surface area contributed by atoms with Crippen LogP contribution < -0.4 is 0 Å². The van der Waals surface area contributed by atoms with Crippen molar-refractivity contribution < 1.29 is 0 Å². The van der Waals surface area contributed by atoms with Crippen LogP contribution in [0.5, 0.6) is 0 Å². The van der Waals surface area contributed by atoms with Gasteiger partial charge in [0.2, 0.25) is 0 Å². The summed E-state index contributed by atoms with van der Waals surface area (Å²) in [6.07, 6.45) is 0. The molecule has 2 heteroatoms. The fourth-order valence-corrected chi connectivity index (χ4v) is 21.5. The van der Waals surface area contributed by atoms with E-state index in [9.17, 15) is 0 Å². The molecule has 6 aromatic rings. The third-order valence-corrected chi connectivity index (χ3v) is 19.7. The van der Waals surface area contributed by atoms with Crippen LogP contribution in [0.1, 0.15) is 11.1 Å². The Morgan fingerprint density at radius 1 is 0.415 bits per heavy atom. The van der Waals surface area contributed by atoms with Gasteiger partial charge in [-0.25, -0.2) is 0 Å². The molecular formula is C39H38Si2. The summed E-state index contributed by atoms with van der Waals surface area (Å²) >= 11 is 0. The average Bonchev–Trinajstić information content (AvgIpc) is 3.27. The zero-order valence-corrected chi connectivity index (χ0v) is 27.0. The Balaban J connectivity index is 1.55. The van der Waals surface area contributed by atoms with E-state index < -0.39 is 16.1 Å². The topological polar surface area (TPSA) is 0 Å². The molecule has 0 radical (unpaired) electrons. The normalized spacial score (nSPS) is 14.3. The lowest BCUT2D eigenvalue weighted by Crippen LogP contribution is -2.63. The van der Waals surface area contributed by atoms with Gasteiger partial charge in [0.05, 0.1) is 16.1 Å². The molecule has 0 bridgehead atoms. The summed E-state index contributed by atoms with van der Waals surface area (Å²) in [4.78, 5) is 0. The molecule has 202 valence electrons. The van der Waals surface area contributed by atoms with Crippen molar-refractivity contribution in [3.05, 3.63) is 132 Å². The molecule has 1 aliphatic carbocycles. The van der Waals surface area contributed by atoms with Crippen molar-refractivity contribution >= 4 is 37.7 Å². The van der Waals surface area contributed by atoms with Gasteiger partial charge in [-0.1, -0.05) is 155 Å². The van der Waals surface area contributed by atoms with E-state index in [0.717, 1.165) is 0 Å². The highest BCUT2D eigenvalue weighted by Gasteiger charge is 2.59. The molecule has 0 atom stereocenters. The van der Waals surface area contributed by atoms with Crippen LogP contribution in [-0.4, -0.2) is 16.1 Å². The zero-order valence-electron chi connectivity index (χ0n) is 25.0. The highest BCUT2D eigenvalue weighted by Crippen LogP contribution is 2.58. The first-order valence-corrected chi connectivity index (χ1v) is 21.9. The van der Waals surface area contributed by atoms with Crippen molar-refractivity contribution in [2.45, 2.75) is 43.9 Å². The molecule has 0 N–H and O–H groups in total. The van der Waals surface area contributed by atoms with Gasteiger partial charge >= 0.3 is 0 Å². The molecule has 0 unspecified atom stereocenters. The average molecular weight is 563 g/mol. The third kappa shape index (κ3) is 3.70. The SMILES string of the molecule is C[Si](C)(C)C1([Si](C)(C)C)c2ccccc2-c2ccc(-c3cccc4c(-c5ccccc5)c5ccccc5cc34)cc21. The summed E-state index contributed by atoms with van der Waals surface area (Å²) in [5.74, 6) is 0. The summed E-state index contributed by atoms with van der Waals surface area (Å²) < 4.78 is 0.147. The molecule has 0 fully saturated rings. The molecule has 0 heterocycles. The van der Waals surface area contributed by atoms with Crippen molar-refractivity contribution in [1.82, 2.24) is 0 Å². The van der Waals surface area contributed by atoms with E-state index >= 15 is 0 Å². The van der Waals surface area contributed by atoms with Crippen LogP contribution in [0.4, 0.5) is 0 Å². The first-order chi connectivity index (χ1) is 19.6. The minimum absolute atomic E-state index is 0.147. The molecule has 7 rings (SSSR count). The maximum Gasteiger partial charge on any atom is 0.0579 e. The summed E-state index contributed by atoms with van der Waals surface area (Å²) in [6, 6.07) is 45.8. The van der Waals surface area contributed by atoms with E-state index in [1.165, 1.54) is 54.9 Å². The Morgan fingerprint density at radius 2 is 1.02 bits per heavy atom. The Morgan fingerprint density at radius 3 is 1.78 bits per heavy atom. The van der Waals surface area contributed by atoms with Crippen molar-refractivity contribution in [3.8, 4) is 33.4 Å². The molecule has 0 aliphatic heterocycles. The predicted molar refractivity (Wildman–Crippen MR) is 185 cm³/mol. The van der Waals surface area contributed by atoms with Gasteiger partial charge in [0.15, 0.2) is 0 Å². The third-order valence-electron chi connectivity index (χ3n) is 9.57. The van der Waals surface area contributed by atoms with Crippen LogP contribution in [0.2, 0.25) is 39.3 Å². The Bertz CT molecular complexity index is 1940. The first kappa shape index (κ1) is 26.2. The standard InChI is InChI=1S/C39H38Si2/c1-40(2,3)39(41(4,5)6)36-22-13-12-19-32(36)33-24-23-29(26-37(33)39)30-20-14-21-34-35(30)25-28-17-10-11-18-31(28)38(34)27-15-8-7-9-16-27/h7-26H,1-6H3. The fourth-order valence-electron chi connectivity index (χ4n) is 8.45. The largest absolute Gasteiger partial charge is 0.0688 e. The Hall–Kier alpha value is -3.73. The van der Waals surface area contributed by atoms with Gasteiger partial charge in [0, 0.05) is 4.66 Å². The van der Waals surface area contributed by atoms with Crippen molar-refractivity contribution in [1.29, 1.82) is 0 Å². The maximum absolute atomic E-state index is 2.60. The molecule has 0 saturated carbocycles. The lowest BCUT2D eigenvalue weighted by molar-refractivity contribution is 0.952. The molecule has 41 heavy (non-hydrogen) atoms. The van der Waals surface area contributed by atoms with Gasteiger partial charge in [-0.05, 0) is 72.1 Å². The van der Waals surface area contributed by atoms with Crippen molar-refractivity contribution in [2.75, 3.05) is 0 Å². The minimum Gasteiger partial charge on any atom is -0.0688 e. The molecular weight excluding hydrogens is 525 g/mol. The van der Waals surface area contributed by atoms with E-state index in [2.05, 4.69) is 161 Å². The summed E-state index contributed by atoms with van der Waals surface area (Å²) in [6.45, 7) is 15.6. The Kier molecular flexibility index (Phi) is 5.84. The quantitative estimate of drug-likeness (QED) is 0.148.